The van der Waals surface area contributed by atoms with Crippen LogP contribution in [0.5, 0.6) is 5.75 Å². The van der Waals surface area contributed by atoms with Crippen LogP contribution in [0.4, 0.5) is 4.39 Å². The second kappa shape index (κ2) is 7.28. The molecule has 0 fully saturated rings. The average Bonchev–Trinajstić information content (AvgIpc) is 2.38. The number of carbonyl (C=O) groups is 2. The first kappa shape index (κ1) is 15.7. The Morgan fingerprint density at radius 3 is 2.70 bits per heavy atom. The zero-order valence-corrected chi connectivity index (χ0v) is 11.1. The van der Waals surface area contributed by atoms with Gasteiger partial charge in [0.1, 0.15) is 6.54 Å². The third-order valence-corrected chi connectivity index (χ3v) is 2.60. The van der Waals surface area contributed by atoms with Crippen molar-refractivity contribution < 1.29 is 23.8 Å². The average molecular weight is 281 g/mol. The molecule has 0 aromatic heterocycles. The molecule has 1 N–H and O–H groups in total. The summed E-state index contributed by atoms with van der Waals surface area (Å²) in [5, 5.41) is 8.73. The summed E-state index contributed by atoms with van der Waals surface area (Å²) >= 11 is 0. The number of hydrogen-bond acceptors (Lipinski definition) is 3. The second-order valence-corrected chi connectivity index (χ2v) is 4.10. The van der Waals surface area contributed by atoms with Gasteiger partial charge in [-0.1, -0.05) is 12.1 Å². The molecule has 6 heteroatoms. The van der Waals surface area contributed by atoms with Crippen molar-refractivity contribution in [2.75, 3.05) is 20.2 Å². The summed E-state index contributed by atoms with van der Waals surface area (Å²) in [6, 6.07) is 4.18. The minimum absolute atomic E-state index is 0.0813. The second-order valence-electron chi connectivity index (χ2n) is 4.10. The lowest BCUT2D eigenvalue weighted by Gasteiger charge is -2.18. The Morgan fingerprint density at radius 2 is 2.20 bits per heavy atom. The van der Waals surface area contributed by atoms with Crippen LogP contribution in [0, 0.1) is 5.82 Å². The summed E-state index contributed by atoms with van der Waals surface area (Å²) in [4.78, 5) is 23.8. The molecule has 1 aromatic carbocycles. The fourth-order valence-corrected chi connectivity index (χ4v) is 1.68. The Labute approximate surface area is 116 Å². The lowest BCUT2D eigenvalue weighted by molar-refractivity contribution is -0.143. The molecule has 0 aliphatic rings. The lowest BCUT2D eigenvalue weighted by atomic mass is 10.1. The van der Waals surface area contributed by atoms with Gasteiger partial charge in [0, 0.05) is 6.54 Å². The van der Waals surface area contributed by atoms with Crippen LogP contribution in [-0.4, -0.2) is 42.1 Å². The molecule has 5 nitrogen and oxygen atoms in total. The van der Waals surface area contributed by atoms with Crippen LogP contribution >= 0.6 is 0 Å². The molecule has 108 valence electrons. The number of amides is 1. The van der Waals surface area contributed by atoms with Crippen molar-refractivity contribution in [1.29, 1.82) is 0 Å². The SMILES string of the molecule is C=CCN(CC(=O)O)C(=O)Cc1ccc(OC)c(F)c1. The monoisotopic (exact) mass is 281 g/mol. The molecular formula is C14H16FNO4. The van der Waals surface area contributed by atoms with Gasteiger partial charge < -0.3 is 14.7 Å². The first-order chi connectivity index (χ1) is 9.47. The number of aliphatic carboxylic acids is 1. The summed E-state index contributed by atoms with van der Waals surface area (Å²) in [6.07, 6.45) is 1.36. The third kappa shape index (κ3) is 4.38. The number of methoxy groups -OCH3 is 1. The Bertz CT molecular complexity index is 516. The third-order valence-electron chi connectivity index (χ3n) is 2.60. The highest BCUT2D eigenvalue weighted by molar-refractivity contribution is 5.83. The predicted molar refractivity (Wildman–Crippen MR) is 71.1 cm³/mol. The van der Waals surface area contributed by atoms with Crippen LogP contribution in [-0.2, 0) is 16.0 Å². The molecule has 0 saturated heterocycles. The molecule has 1 amide bonds. The quantitative estimate of drug-likeness (QED) is 0.769. The van der Waals surface area contributed by atoms with E-state index in [1.807, 2.05) is 0 Å². The van der Waals surface area contributed by atoms with E-state index in [1.165, 1.54) is 25.3 Å². The first-order valence-electron chi connectivity index (χ1n) is 5.90. The minimum atomic E-state index is -1.11. The summed E-state index contributed by atoms with van der Waals surface area (Å²) in [7, 11) is 1.35. The maximum absolute atomic E-state index is 13.5. The van der Waals surface area contributed by atoms with E-state index >= 15 is 0 Å². The lowest BCUT2D eigenvalue weighted by Crippen LogP contribution is -2.36. The van der Waals surface area contributed by atoms with Gasteiger partial charge in [0.15, 0.2) is 11.6 Å². The van der Waals surface area contributed by atoms with Gasteiger partial charge in [-0.2, -0.15) is 0 Å². The highest BCUT2D eigenvalue weighted by Crippen LogP contribution is 2.18. The molecule has 1 aromatic rings. The van der Waals surface area contributed by atoms with Crippen LogP contribution in [0.2, 0.25) is 0 Å². The molecular weight excluding hydrogens is 265 g/mol. The number of carbonyl (C=O) groups excluding carboxylic acids is 1. The van der Waals surface area contributed by atoms with E-state index in [2.05, 4.69) is 6.58 Å². The highest BCUT2D eigenvalue weighted by Gasteiger charge is 2.16. The maximum Gasteiger partial charge on any atom is 0.323 e. The van der Waals surface area contributed by atoms with E-state index in [-0.39, 0.29) is 18.7 Å². The van der Waals surface area contributed by atoms with Crippen LogP contribution < -0.4 is 4.74 Å². The van der Waals surface area contributed by atoms with Crippen LogP contribution in [0.25, 0.3) is 0 Å². The van der Waals surface area contributed by atoms with Crippen molar-refractivity contribution in [2.45, 2.75) is 6.42 Å². The minimum Gasteiger partial charge on any atom is -0.494 e. The van der Waals surface area contributed by atoms with Gasteiger partial charge in [0.05, 0.1) is 13.5 Å². The zero-order valence-electron chi connectivity index (χ0n) is 11.1. The molecule has 20 heavy (non-hydrogen) atoms. The summed E-state index contributed by atoms with van der Waals surface area (Å²) in [6.45, 7) is 3.19. The number of nitrogens with zero attached hydrogens (tertiary/aromatic N) is 1. The van der Waals surface area contributed by atoms with Gasteiger partial charge in [-0.3, -0.25) is 9.59 Å². The smallest absolute Gasteiger partial charge is 0.323 e. The fourth-order valence-electron chi connectivity index (χ4n) is 1.68. The fraction of sp³-hybridized carbons (Fsp3) is 0.286. The molecule has 0 aliphatic heterocycles. The topological polar surface area (TPSA) is 66.8 Å². The molecule has 0 radical (unpaired) electrons. The number of benzene rings is 1. The van der Waals surface area contributed by atoms with E-state index < -0.39 is 24.2 Å². The molecule has 0 spiro atoms. The van der Waals surface area contributed by atoms with Crippen molar-refractivity contribution in [1.82, 2.24) is 4.90 Å². The number of halogens is 1. The molecule has 0 unspecified atom stereocenters. The Morgan fingerprint density at radius 1 is 1.50 bits per heavy atom. The van der Waals surface area contributed by atoms with E-state index in [0.29, 0.717) is 5.56 Å². The normalized spacial score (nSPS) is 9.90. The first-order valence-corrected chi connectivity index (χ1v) is 5.90. The highest BCUT2D eigenvalue weighted by atomic mass is 19.1. The van der Waals surface area contributed by atoms with E-state index in [4.69, 9.17) is 9.84 Å². The van der Waals surface area contributed by atoms with E-state index in [9.17, 15) is 14.0 Å². The summed E-state index contributed by atoms with van der Waals surface area (Å²) < 4.78 is 18.3. The van der Waals surface area contributed by atoms with Crippen LogP contribution in [0.1, 0.15) is 5.56 Å². The Kier molecular flexibility index (Phi) is 5.71. The zero-order chi connectivity index (χ0) is 15.1. The van der Waals surface area contributed by atoms with Crippen molar-refractivity contribution in [3.8, 4) is 5.75 Å². The predicted octanol–water partition coefficient (Wildman–Crippen LogP) is 1.48. The molecule has 1 rings (SSSR count). The molecule has 0 bridgehead atoms. The molecule has 0 heterocycles. The number of rotatable bonds is 7. The van der Waals surface area contributed by atoms with Crippen molar-refractivity contribution in [3.63, 3.8) is 0 Å². The maximum atomic E-state index is 13.5. The van der Waals surface area contributed by atoms with E-state index in [1.54, 1.807) is 6.07 Å². The number of ether oxygens (including phenoxy) is 1. The van der Waals surface area contributed by atoms with Gasteiger partial charge in [-0.05, 0) is 17.7 Å². The van der Waals surface area contributed by atoms with Crippen molar-refractivity contribution in [3.05, 3.63) is 42.2 Å². The van der Waals surface area contributed by atoms with Gasteiger partial charge in [-0.15, -0.1) is 6.58 Å². The van der Waals surface area contributed by atoms with Gasteiger partial charge in [-0.25, -0.2) is 4.39 Å². The molecule has 0 aliphatic carbocycles. The number of hydrogen-bond donors (Lipinski definition) is 1. The number of carboxylic acids is 1. The largest absolute Gasteiger partial charge is 0.494 e. The summed E-state index contributed by atoms with van der Waals surface area (Å²) in [5.41, 5.74) is 0.452. The van der Waals surface area contributed by atoms with Crippen LogP contribution in [0.15, 0.2) is 30.9 Å². The number of carboxylic acid groups (broad SMARTS) is 1. The van der Waals surface area contributed by atoms with Gasteiger partial charge in [0.25, 0.3) is 0 Å². The summed E-state index contributed by atoms with van der Waals surface area (Å²) in [5.74, 6) is -1.99. The van der Waals surface area contributed by atoms with E-state index in [0.717, 1.165) is 4.90 Å². The standard InChI is InChI=1S/C14H16FNO4/c1-3-6-16(9-14(18)19)13(17)8-10-4-5-12(20-2)11(15)7-10/h3-5,7H,1,6,8-9H2,2H3,(H,18,19). The van der Waals surface area contributed by atoms with Crippen LogP contribution in [0.3, 0.4) is 0 Å². The molecule has 0 atom stereocenters. The van der Waals surface area contributed by atoms with Gasteiger partial charge in [0.2, 0.25) is 5.91 Å². The Balaban J connectivity index is 2.79. The van der Waals surface area contributed by atoms with Crippen molar-refractivity contribution in [2.24, 2.45) is 0 Å². The Hall–Kier alpha value is -2.37. The van der Waals surface area contributed by atoms with Gasteiger partial charge >= 0.3 is 5.97 Å². The molecule has 0 saturated carbocycles. The van der Waals surface area contributed by atoms with Crippen molar-refractivity contribution >= 4 is 11.9 Å².